The molecule has 1 fully saturated rings. The molecule has 3 nitrogen and oxygen atoms in total. The first-order chi connectivity index (χ1) is 6.79. The average Bonchev–Trinajstić information content (AvgIpc) is 2.76. The Labute approximate surface area is 85.1 Å². The van der Waals surface area contributed by atoms with Crippen LogP contribution in [0.25, 0.3) is 0 Å². The second-order valence-corrected chi connectivity index (χ2v) is 4.00. The fourth-order valence-electron chi connectivity index (χ4n) is 2.06. The number of ether oxygens (including phenoxy) is 1. The number of hydrogen-bond acceptors (Lipinski definition) is 2. The van der Waals surface area contributed by atoms with E-state index >= 15 is 0 Å². The maximum atomic E-state index is 5.79. The van der Waals surface area contributed by atoms with Gasteiger partial charge in [0.25, 0.3) is 0 Å². The van der Waals surface area contributed by atoms with Gasteiger partial charge in [0.1, 0.15) is 5.82 Å². The van der Waals surface area contributed by atoms with E-state index in [1.807, 2.05) is 12.4 Å². The second kappa shape index (κ2) is 4.13. The Balaban J connectivity index is 1.97. The maximum Gasteiger partial charge on any atom is 0.108 e. The molecule has 0 bridgehead atoms. The predicted octanol–water partition coefficient (Wildman–Crippen LogP) is 2.01. The summed E-state index contributed by atoms with van der Waals surface area (Å²) in [5, 5.41) is 0. The Morgan fingerprint density at radius 1 is 1.57 bits per heavy atom. The molecule has 0 radical (unpaired) electrons. The quantitative estimate of drug-likeness (QED) is 0.736. The largest absolute Gasteiger partial charge is 0.373 e. The number of aromatic nitrogens is 2. The van der Waals surface area contributed by atoms with Crippen LogP contribution in [-0.4, -0.2) is 21.8 Å². The summed E-state index contributed by atoms with van der Waals surface area (Å²) in [6.07, 6.45) is 8.12. The third-order valence-corrected chi connectivity index (χ3v) is 2.84. The molecule has 2 rings (SSSR count). The molecule has 78 valence electrons. The molecular formula is C11H18N2O. The van der Waals surface area contributed by atoms with Gasteiger partial charge in [-0.05, 0) is 19.8 Å². The monoisotopic (exact) mass is 194 g/mol. The number of imidazole rings is 1. The van der Waals surface area contributed by atoms with Crippen molar-refractivity contribution >= 4 is 0 Å². The van der Waals surface area contributed by atoms with Crippen LogP contribution in [0.4, 0.5) is 0 Å². The predicted molar refractivity (Wildman–Crippen MR) is 55.2 cm³/mol. The van der Waals surface area contributed by atoms with Crippen molar-refractivity contribution in [1.29, 1.82) is 0 Å². The normalized spacial score (nSPS) is 27.0. The van der Waals surface area contributed by atoms with Crippen LogP contribution in [0.15, 0.2) is 12.4 Å². The molecule has 2 atom stereocenters. The van der Waals surface area contributed by atoms with Gasteiger partial charge in [-0.2, -0.15) is 0 Å². The molecule has 1 saturated heterocycles. The highest BCUT2D eigenvalue weighted by Crippen LogP contribution is 2.20. The van der Waals surface area contributed by atoms with Crippen LogP contribution < -0.4 is 0 Å². The van der Waals surface area contributed by atoms with Crippen LogP contribution in [0.5, 0.6) is 0 Å². The minimum Gasteiger partial charge on any atom is -0.373 e. The van der Waals surface area contributed by atoms with Crippen molar-refractivity contribution in [2.75, 3.05) is 0 Å². The Hall–Kier alpha value is -0.830. The zero-order valence-electron chi connectivity index (χ0n) is 8.94. The van der Waals surface area contributed by atoms with Gasteiger partial charge in [-0.15, -0.1) is 0 Å². The molecule has 1 aliphatic rings. The zero-order valence-corrected chi connectivity index (χ0v) is 8.94. The lowest BCUT2D eigenvalue weighted by atomic mass is 10.2. The fourth-order valence-corrected chi connectivity index (χ4v) is 2.06. The van der Waals surface area contributed by atoms with Gasteiger partial charge in [-0.3, -0.25) is 0 Å². The van der Waals surface area contributed by atoms with Gasteiger partial charge in [0.05, 0.1) is 18.8 Å². The van der Waals surface area contributed by atoms with Crippen molar-refractivity contribution in [1.82, 2.24) is 9.55 Å². The van der Waals surface area contributed by atoms with Crippen molar-refractivity contribution < 1.29 is 4.74 Å². The van der Waals surface area contributed by atoms with Crippen LogP contribution in [0.1, 0.15) is 32.5 Å². The summed E-state index contributed by atoms with van der Waals surface area (Å²) >= 11 is 0. The van der Waals surface area contributed by atoms with Crippen LogP contribution in [0.3, 0.4) is 0 Å². The molecule has 1 aliphatic heterocycles. The van der Waals surface area contributed by atoms with Crippen molar-refractivity contribution in [3.05, 3.63) is 18.2 Å². The molecule has 0 saturated carbocycles. The lowest BCUT2D eigenvalue weighted by Crippen LogP contribution is -2.17. The molecule has 3 heteroatoms. The van der Waals surface area contributed by atoms with Gasteiger partial charge >= 0.3 is 0 Å². The van der Waals surface area contributed by atoms with Crippen LogP contribution in [0.2, 0.25) is 0 Å². The van der Waals surface area contributed by atoms with E-state index in [-0.39, 0.29) is 0 Å². The minimum absolute atomic E-state index is 0.393. The summed E-state index contributed by atoms with van der Waals surface area (Å²) in [6.45, 7) is 5.25. The van der Waals surface area contributed by atoms with Gasteiger partial charge in [-0.25, -0.2) is 4.98 Å². The minimum atomic E-state index is 0.393. The first kappa shape index (κ1) is 9.71. The topological polar surface area (TPSA) is 27.1 Å². The van der Waals surface area contributed by atoms with E-state index in [9.17, 15) is 0 Å². The summed E-state index contributed by atoms with van der Waals surface area (Å²) in [5.74, 6) is 1.16. The highest BCUT2D eigenvalue weighted by atomic mass is 16.5. The summed E-state index contributed by atoms with van der Waals surface area (Å²) in [4.78, 5) is 4.30. The van der Waals surface area contributed by atoms with Crippen molar-refractivity contribution in [2.45, 2.75) is 51.9 Å². The van der Waals surface area contributed by atoms with Crippen molar-refractivity contribution in [2.24, 2.45) is 0 Å². The smallest absolute Gasteiger partial charge is 0.108 e. The molecule has 2 heterocycles. The SMILES string of the molecule is CCc1nccn1CC1CCC(C)O1. The molecule has 0 N–H and O–H groups in total. The van der Waals surface area contributed by atoms with Crippen LogP contribution >= 0.6 is 0 Å². The molecule has 1 aromatic heterocycles. The lowest BCUT2D eigenvalue weighted by Gasteiger charge is -2.13. The van der Waals surface area contributed by atoms with Gasteiger partial charge in [0, 0.05) is 18.8 Å². The highest BCUT2D eigenvalue weighted by molar-refractivity contribution is 4.92. The van der Waals surface area contributed by atoms with E-state index in [4.69, 9.17) is 4.74 Å². The van der Waals surface area contributed by atoms with Crippen LogP contribution in [0, 0.1) is 0 Å². The molecule has 0 aromatic carbocycles. The van der Waals surface area contributed by atoms with Gasteiger partial charge < -0.3 is 9.30 Å². The zero-order chi connectivity index (χ0) is 9.97. The van der Waals surface area contributed by atoms with E-state index in [1.165, 1.54) is 12.8 Å². The Morgan fingerprint density at radius 3 is 3.07 bits per heavy atom. The third kappa shape index (κ3) is 1.98. The lowest BCUT2D eigenvalue weighted by molar-refractivity contribution is 0.0453. The number of nitrogens with zero attached hydrogens (tertiary/aromatic N) is 2. The van der Waals surface area contributed by atoms with Crippen LogP contribution in [-0.2, 0) is 17.7 Å². The Morgan fingerprint density at radius 2 is 2.43 bits per heavy atom. The molecule has 2 unspecified atom stereocenters. The van der Waals surface area contributed by atoms with Crippen molar-refractivity contribution in [3.8, 4) is 0 Å². The van der Waals surface area contributed by atoms with Gasteiger partial charge in [-0.1, -0.05) is 6.92 Å². The molecule has 0 spiro atoms. The molecule has 1 aromatic rings. The summed E-state index contributed by atoms with van der Waals surface area (Å²) in [6, 6.07) is 0. The molecule has 14 heavy (non-hydrogen) atoms. The van der Waals surface area contributed by atoms with Gasteiger partial charge in [0.15, 0.2) is 0 Å². The van der Waals surface area contributed by atoms with E-state index in [0.717, 1.165) is 18.8 Å². The highest BCUT2D eigenvalue weighted by Gasteiger charge is 2.22. The summed E-state index contributed by atoms with van der Waals surface area (Å²) in [7, 11) is 0. The molecule has 0 amide bonds. The number of rotatable bonds is 3. The Kier molecular flexibility index (Phi) is 2.87. The molecule has 0 aliphatic carbocycles. The summed E-state index contributed by atoms with van der Waals surface area (Å²) < 4.78 is 8.00. The van der Waals surface area contributed by atoms with Crippen molar-refractivity contribution in [3.63, 3.8) is 0 Å². The first-order valence-corrected chi connectivity index (χ1v) is 5.45. The second-order valence-electron chi connectivity index (χ2n) is 4.00. The number of hydrogen-bond donors (Lipinski definition) is 0. The molecular weight excluding hydrogens is 176 g/mol. The maximum absolute atomic E-state index is 5.79. The van der Waals surface area contributed by atoms with Gasteiger partial charge in [0.2, 0.25) is 0 Å². The number of aryl methyl sites for hydroxylation is 1. The fraction of sp³-hybridized carbons (Fsp3) is 0.727. The first-order valence-electron chi connectivity index (χ1n) is 5.45. The standard InChI is InChI=1S/C11H18N2O/c1-3-11-12-6-7-13(11)8-10-5-4-9(2)14-10/h6-7,9-10H,3-5,8H2,1-2H3. The van der Waals surface area contributed by atoms with E-state index in [1.54, 1.807) is 0 Å². The average molecular weight is 194 g/mol. The third-order valence-electron chi connectivity index (χ3n) is 2.84. The van der Waals surface area contributed by atoms with E-state index in [2.05, 4.69) is 23.4 Å². The summed E-state index contributed by atoms with van der Waals surface area (Å²) in [5.41, 5.74) is 0. The Bertz CT molecular complexity index is 295. The van der Waals surface area contributed by atoms with E-state index in [0.29, 0.717) is 12.2 Å². The van der Waals surface area contributed by atoms with E-state index < -0.39 is 0 Å².